The van der Waals surface area contributed by atoms with Gasteiger partial charge in [0.25, 0.3) is 0 Å². The maximum Gasteiger partial charge on any atom is 0.488 e. The van der Waals surface area contributed by atoms with Crippen LogP contribution in [0.5, 0.6) is 5.75 Å². The summed E-state index contributed by atoms with van der Waals surface area (Å²) >= 11 is 6.02. The SMILES string of the molecule is OB(O)c1ccc(-c2cccnc2)cc1.[C-]#[N+]c1ccc(-c2ccc(-c3cc(-c4ccccc4)c4nc(-c5ccc(-c6ccc(-c7cccnc7)cc6)cc5)oc4c3)cc2)cc1.[C-]#[N+]c1ccc(-c2ccc(-c3cc(OCc4ccc(Cl)cc4)c(N)c(-c4ccccc4)c3)cc2)cc1. The summed E-state index contributed by atoms with van der Waals surface area (Å²) in [5.74, 6) is 1.23. The first-order valence-corrected chi connectivity index (χ1v) is 32.0. The molecule has 12 heteroatoms. The van der Waals surface area contributed by atoms with Crippen LogP contribution in [0.3, 0.4) is 0 Å². The second-order valence-electron chi connectivity index (χ2n) is 23.1. The second-order valence-corrected chi connectivity index (χ2v) is 23.5. The van der Waals surface area contributed by atoms with E-state index in [2.05, 4.69) is 153 Å². The highest BCUT2D eigenvalue weighted by Gasteiger charge is 2.18. The molecule has 3 heterocycles. The van der Waals surface area contributed by atoms with E-state index in [9.17, 15) is 0 Å². The highest BCUT2D eigenvalue weighted by molar-refractivity contribution is 6.58. The molecule has 15 aromatic rings. The van der Waals surface area contributed by atoms with Crippen molar-refractivity contribution in [3.8, 4) is 117 Å². The molecule has 0 radical (unpaired) electrons. The van der Waals surface area contributed by atoms with Crippen LogP contribution in [-0.2, 0) is 6.61 Å². The summed E-state index contributed by atoms with van der Waals surface area (Å²) in [7, 11) is -1.41. The molecule has 468 valence electrons. The van der Waals surface area contributed by atoms with Gasteiger partial charge in [-0.3, -0.25) is 9.97 Å². The fourth-order valence-corrected chi connectivity index (χ4v) is 11.5. The predicted octanol–water partition coefficient (Wildman–Crippen LogP) is 21.3. The Balaban J connectivity index is 0.000000149. The number of halogens is 1. The number of oxazole rings is 1. The Morgan fingerprint density at radius 1 is 0.398 bits per heavy atom. The van der Waals surface area contributed by atoms with Crippen molar-refractivity contribution in [2.24, 2.45) is 0 Å². The van der Waals surface area contributed by atoms with Gasteiger partial charge in [-0.1, -0.05) is 254 Å². The molecule has 0 saturated heterocycles. The lowest BCUT2D eigenvalue weighted by Gasteiger charge is -2.16. The van der Waals surface area contributed by atoms with Crippen LogP contribution in [0.1, 0.15) is 5.56 Å². The van der Waals surface area contributed by atoms with Gasteiger partial charge in [0.2, 0.25) is 5.89 Å². The number of hydrogen-bond donors (Lipinski definition) is 3. The third kappa shape index (κ3) is 15.2. The molecular weight excluding hydrogens is 1230 g/mol. The van der Waals surface area contributed by atoms with E-state index in [-0.39, 0.29) is 0 Å². The van der Waals surface area contributed by atoms with Crippen molar-refractivity contribution in [1.29, 1.82) is 0 Å². The smallest absolute Gasteiger partial charge is 0.487 e. The molecule has 0 aliphatic heterocycles. The Morgan fingerprint density at radius 3 is 1.20 bits per heavy atom. The third-order valence-electron chi connectivity index (χ3n) is 16.8. The molecule has 0 aliphatic carbocycles. The number of nitrogens with zero attached hydrogens (tertiary/aromatic N) is 5. The van der Waals surface area contributed by atoms with Crippen LogP contribution in [0.2, 0.25) is 5.02 Å². The lowest BCUT2D eigenvalue weighted by Crippen LogP contribution is -2.29. The van der Waals surface area contributed by atoms with Crippen molar-refractivity contribution in [3.05, 3.63) is 362 Å². The number of rotatable bonds is 14. The first kappa shape index (κ1) is 64.0. The number of hydrogen-bond acceptors (Lipinski definition) is 8. The van der Waals surface area contributed by atoms with Crippen molar-refractivity contribution < 1.29 is 19.2 Å². The van der Waals surface area contributed by atoms with Gasteiger partial charge < -0.3 is 24.9 Å². The van der Waals surface area contributed by atoms with Crippen LogP contribution in [0.25, 0.3) is 132 Å². The minimum Gasteiger partial charge on any atom is -0.487 e. The fourth-order valence-electron chi connectivity index (χ4n) is 11.4. The van der Waals surface area contributed by atoms with E-state index < -0.39 is 7.12 Å². The molecule has 0 amide bonds. The van der Waals surface area contributed by atoms with Crippen molar-refractivity contribution in [2.45, 2.75) is 6.61 Å². The zero-order valence-corrected chi connectivity index (χ0v) is 53.6. The molecule has 10 nitrogen and oxygen atoms in total. The van der Waals surface area contributed by atoms with E-state index in [0.29, 0.717) is 45.8 Å². The standard InChI is InChI=1S/C43H27N3O.C32H23ClN2O.C11H10BNO2/c1-44-39-23-21-32(22-24-39)30-11-15-34(16-12-30)38-26-40(35-6-3-2-4-7-35)42-41(27-38)47-43(46-42)36-19-17-31(18-20-36)29-9-13-33(14-10-29)37-8-5-25-45-28-37;1-35-29-17-13-24(14-18-29)23-9-11-25(12-10-23)27-19-30(26-5-3-2-4-6-26)32(34)31(20-27)36-21-22-7-15-28(33)16-8-22;14-12(15)11-5-3-9(4-6-11)10-2-1-7-13-8-10/h2-28H;2-20H,21,34H2;1-8,14-15H. The van der Waals surface area contributed by atoms with Gasteiger partial charge >= 0.3 is 7.12 Å². The van der Waals surface area contributed by atoms with E-state index in [1.54, 1.807) is 30.7 Å². The van der Waals surface area contributed by atoms with Crippen LogP contribution in [0.15, 0.2) is 333 Å². The fraction of sp³-hybridized carbons (Fsp3) is 0.0116. The maximum absolute atomic E-state index is 8.93. The van der Waals surface area contributed by atoms with E-state index in [1.807, 2.05) is 164 Å². The Morgan fingerprint density at radius 2 is 0.776 bits per heavy atom. The minimum absolute atomic E-state index is 0.387. The minimum atomic E-state index is -1.41. The Labute approximate surface area is 574 Å². The van der Waals surface area contributed by atoms with Gasteiger partial charge in [-0.2, -0.15) is 0 Å². The van der Waals surface area contributed by atoms with E-state index in [4.69, 9.17) is 54.7 Å². The first-order valence-electron chi connectivity index (χ1n) is 31.6. The average Bonchev–Trinajstić information content (AvgIpc) is 1.67. The molecule has 12 aromatic carbocycles. The zero-order valence-electron chi connectivity index (χ0n) is 52.9. The quantitative estimate of drug-likeness (QED) is 0.0556. The van der Waals surface area contributed by atoms with Crippen molar-refractivity contribution in [1.82, 2.24) is 15.0 Å². The highest BCUT2D eigenvalue weighted by Crippen LogP contribution is 2.41. The van der Waals surface area contributed by atoms with Crippen LogP contribution >= 0.6 is 11.6 Å². The molecule has 98 heavy (non-hydrogen) atoms. The summed E-state index contributed by atoms with van der Waals surface area (Å²) in [6.07, 6.45) is 7.16. The van der Waals surface area contributed by atoms with Crippen molar-refractivity contribution in [2.75, 3.05) is 5.73 Å². The number of nitrogens with two attached hydrogens (primary N) is 1. The normalized spacial score (nSPS) is 10.7. The van der Waals surface area contributed by atoms with Crippen molar-refractivity contribution >= 4 is 52.3 Å². The summed E-state index contributed by atoms with van der Waals surface area (Å²) in [5.41, 5.74) is 31.7. The molecule has 0 aliphatic rings. The van der Waals surface area contributed by atoms with Gasteiger partial charge in [0, 0.05) is 46.5 Å². The number of ether oxygens (including phenoxy) is 1. The lowest BCUT2D eigenvalue weighted by molar-refractivity contribution is 0.308. The number of aromatic nitrogens is 3. The van der Waals surface area contributed by atoms with Gasteiger partial charge in [0.05, 0.1) is 18.8 Å². The molecule has 4 N–H and O–H groups in total. The highest BCUT2D eigenvalue weighted by atomic mass is 35.5. The zero-order chi connectivity index (χ0) is 67.2. The Kier molecular flexibility index (Phi) is 19.7. The number of anilines is 1. The number of benzene rings is 12. The predicted molar refractivity (Wildman–Crippen MR) is 399 cm³/mol. The van der Waals surface area contributed by atoms with Crippen LogP contribution < -0.4 is 15.9 Å². The van der Waals surface area contributed by atoms with Gasteiger partial charge in [0.1, 0.15) is 17.9 Å². The molecule has 0 atom stereocenters. The maximum atomic E-state index is 8.93. The van der Waals surface area contributed by atoms with Gasteiger partial charge in [-0.15, -0.1) is 0 Å². The van der Waals surface area contributed by atoms with Crippen LogP contribution in [-0.4, -0.2) is 32.1 Å². The first-order chi connectivity index (χ1) is 48.1. The summed E-state index contributed by atoms with van der Waals surface area (Å²) < 4.78 is 12.7. The van der Waals surface area contributed by atoms with Crippen molar-refractivity contribution in [3.63, 3.8) is 0 Å². The largest absolute Gasteiger partial charge is 0.488 e. The number of pyridine rings is 2. The van der Waals surface area contributed by atoms with Gasteiger partial charge in [-0.05, 0) is 161 Å². The van der Waals surface area contributed by atoms with Crippen LogP contribution in [0.4, 0.5) is 17.1 Å². The molecule has 15 rings (SSSR count). The monoisotopic (exact) mass is 1290 g/mol. The molecule has 0 unspecified atom stereocenters. The molecule has 0 fully saturated rings. The van der Waals surface area contributed by atoms with Crippen LogP contribution in [0, 0.1) is 13.1 Å². The molecule has 0 saturated carbocycles. The number of fused-ring (bicyclic) bond motifs is 1. The van der Waals surface area contributed by atoms with Gasteiger partial charge in [0.15, 0.2) is 17.0 Å². The molecule has 0 spiro atoms. The van der Waals surface area contributed by atoms with E-state index in [0.717, 1.165) is 122 Å². The van der Waals surface area contributed by atoms with E-state index >= 15 is 0 Å². The second kappa shape index (κ2) is 30.1. The lowest BCUT2D eigenvalue weighted by atomic mass is 9.80. The number of nitrogen functional groups attached to an aromatic ring is 1. The summed E-state index contributed by atoms with van der Waals surface area (Å²) in [4.78, 5) is 20.2. The summed E-state index contributed by atoms with van der Waals surface area (Å²) in [6, 6.07) is 100. The molecule has 3 aromatic heterocycles. The molecular formula is C86H60BClN6O4. The molecule has 0 bridgehead atoms. The van der Waals surface area contributed by atoms with E-state index in [1.165, 1.54) is 0 Å². The topological polar surface area (TPSA) is 136 Å². The average molecular weight is 1290 g/mol. The summed E-state index contributed by atoms with van der Waals surface area (Å²) in [5, 5.41) is 18.5. The third-order valence-corrected chi connectivity index (χ3v) is 17.0. The summed E-state index contributed by atoms with van der Waals surface area (Å²) in [6.45, 7) is 14.7. The van der Waals surface area contributed by atoms with Gasteiger partial charge in [-0.25, -0.2) is 14.7 Å². The Hall–Kier alpha value is -12.7. The Bertz CT molecular complexity index is 5250.